The highest BCUT2D eigenvalue weighted by Gasteiger charge is 2.40. The minimum Gasteiger partial charge on any atom is -0.497 e. The third kappa shape index (κ3) is 4.56. The smallest absolute Gasteiger partial charge is 0.317 e. The van der Waals surface area contributed by atoms with Crippen LogP contribution in [0.5, 0.6) is 23.0 Å². The van der Waals surface area contributed by atoms with Crippen molar-refractivity contribution in [2.75, 3.05) is 35.0 Å². The molecule has 0 amide bonds. The Morgan fingerprint density at radius 2 is 1.62 bits per heavy atom. The van der Waals surface area contributed by atoms with E-state index in [0.717, 1.165) is 16.7 Å². The molecule has 2 aromatic carbocycles. The fourth-order valence-corrected chi connectivity index (χ4v) is 4.03. The van der Waals surface area contributed by atoms with Gasteiger partial charge >= 0.3 is 5.97 Å². The quantitative estimate of drug-likeness (QED) is 0.453. The summed E-state index contributed by atoms with van der Waals surface area (Å²) in [5.41, 5.74) is 2.33. The van der Waals surface area contributed by atoms with E-state index >= 15 is 0 Å². The van der Waals surface area contributed by atoms with Gasteiger partial charge in [0.25, 0.3) is 0 Å². The summed E-state index contributed by atoms with van der Waals surface area (Å²) < 4.78 is 26.8. The van der Waals surface area contributed by atoms with Crippen molar-refractivity contribution in [2.24, 2.45) is 5.92 Å². The van der Waals surface area contributed by atoms with E-state index in [1.54, 1.807) is 53.6 Å². The van der Waals surface area contributed by atoms with E-state index in [9.17, 15) is 9.59 Å². The molecular formula is C25H28O7. The van der Waals surface area contributed by atoms with Gasteiger partial charge in [0.1, 0.15) is 17.4 Å². The average Bonchev–Trinajstić information content (AvgIpc) is 2.82. The van der Waals surface area contributed by atoms with E-state index in [1.807, 2.05) is 18.2 Å². The van der Waals surface area contributed by atoms with Gasteiger partial charge in [0.15, 0.2) is 17.3 Å². The molecule has 7 nitrogen and oxygen atoms in total. The van der Waals surface area contributed by atoms with Crippen LogP contribution in [0.25, 0.3) is 5.57 Å². The summed E-state index contributed by atoms with van der Waals surface area (Å²) in [5, 5.41) is 0. The maximum Gasteiger partial charge on any atom is 0.317 e. The molecule has 2 unspecified atom stereocenters. The van der Waals surface area contributed by atoms with Crippen LogP contribution in [0.4, 0.5) is 0 Å². The number of ketones is 1. The summed E-state index contributed by atoms with van der Waals surface area (Å²) >= 11 is 0. The number of allylic oxidation sites excluding steroid dienone is 2. The van der Waals surface area contributed by atoms with Crippen LogP contribution >= 0.6 is 0 Å². The summed E-state index contributed by atoms with van der Waals surface area (Å²) in [6, 6.07) is 10.9. The zero-order valence-electron chi connectivity index (χ0n) is 19.0. The number of carbonyl (C=O) groups is 2. The first-order valence-corrected chi connectivity index (χ1v) is 10.3. The minimum atomic E-state index is -0.943. The standard InChI is InChI=1S/C25H28O7/c1-6-32-25(27)24-19(15-7-10-21(29-3)23(13-15)31-5)11-16(12-20(24)26)18-9-8-17(28-2)14-22(18)30-4/h7-10,12-14,19,24H,6,11H2,1-5H3. The predicted molar refractivity (Wildman–Crippen MR) is 120 cm³/mol. The number of hydrogen-bond donors (Lipinski definition) is 0. The second-order valence-electron chi connectivity index (χ2n) is 7.29. The highest BCUT2D eigenvalue weighted by molar-refractivity contribution is 6.11. The van der Waals surface area contributed by atoms with Gasteiger partial charge in [0, 0.05) is 17.5 Å². The molecule has 2 aromatic rings. The molecule has 0 aliphatic heterocycles. The molecule has 7 heteroatoms. The second kappa shape index (κ2) is 10.2. The van der Waals surface area contributed by atoms with Gasteiger partial charge in [0.2, 0.25) is 0 Å². The highest BCUT2D eigenvalue weighted by atomic mass is 16.5. The molecule has 3 rings (SSSR count). The van der Waals surface area contributed by atoms with Crippen molar-refractivity contribution in [1.82, 2.24) is 0 Å². The van der Waals surface area contributed by atoms with Gasteiger partial charge in [-0.25, -0.2) is 0 Å². The summed E-state index contributed by atoms with van der Waals surface area (Å²) in [6.07, 6.45) is 1.95. The van der Waals surface area contributed by atoms with Crippen LogP contribution in [0.3, 0.4) is 0 Å². The Labute approximate surface area is 187 Å². The summed E-state index contributed by atoms with van der Waals surface area (Å²) in [6.45, 7) is 1.92. The summed E-state index contributed by atoms with van der Waals surface area (Å²) in [5.74, 6) is 0.112. The van der Waals surface area contributed by atoms with Crippen LogP contribution in [0, 0.1) is 5.92 Å². The van der Waals surface area contributed by atoms with Gasteiger partial charge in [-0.05, 0) is 54.8 Å². The number of esters is 1. The SMILES string of the molecule is CCOC(=O)C1C(=O)C=C(c2ccc(OC)cc2OC)CC1c1ccc(OC)c(OC)c1. The maximum atomic E-state index is 13.2. The van der Waals surface area contributed by atoms with Crippen LogP contribution in [0.2, 0.25) is 0 Å². The number of ether oxygens (including phenoxy) is 5. The molecule has 2 atom stereocenters. The lowest BCUT2D eigenvalue weighted by Gasteiger charge is -2.30. The predicted octanol–water partition coefficient (Wildman–Crippen LogP) is 4.04. The molecule has 0 saturated heterocycles. The van der Waals surface area contributed by atoms with Crippen LogP contribution in [0.15, 0.2) is 42.5 Å². The molecule has 1 aliphatic carbocycles. The second-order valence-corrected chi connectivity index (χ2v) is 7.29. The first-order valence-electron chi connectivity index (χ1n) is 10.3. The number of carbonyl (C=O) groups excluding carboxylic acids is 2. The molecule has 32 heavy (non-hydrogen) atoms. The molecule has 0 saturated carbocycles. The summed E-state index contributed by atoms with van der Waals surface area (Å²) in [4.78, 5) is 25.9. The first kappa shape index (κ1) is 23.2. The van der Waals surface area contributed by atoms with E-state index in [0.29, 0.717) is 29.4 Å². The van der Waals surface area contributed by atoms with Crippen LogP contribution in [-0.2, 0) is 14.3 Å². The number of methoxy groups -OCH3 is 4. The molecule has 0 heterocycles. The lowest BCUT2D eigenvalue weighted by molar-refractivity contribution is -0.151. The van der Waals surface area contributed by atoms with Crippen molar-refractivity contribution in [3.8, 4) is 23.0 Å². The van der Waals surface area contributed by atoms with Crippen molar-refractivity contribution in [1.29, 1.82) is 0 Å². The maximum absolute atomic E-state index is 13.2. The van der Waals surface area contributed by atoms with Crippen molar-refractivity contribution in [3.05, 3.63) is 53.6 Å². The van der Waals surface area contributed by atoms with Crippen LogP contribution in [0.1, 0.15) is 30.4 Å². The molecule has 170 valence electrons. The Morgan fingerprint density at radius 3 is 2.25 bits per heavy atom. The zero-order chi connectivity index (χ0) is 23.3. The van der Waals surface area contributed by atoms with Gasteiger partial charge in [-0.1, -0.05) is 6.07 Å². The third-order valence-corrected chi connectivity index (χ3v) is 5.60. The van der Waals surface area contributed by atoms with E-state index in [-0.39, 0.29) is 12.4 Å². The van der Waals surface area contributed by atoms with Crippen molar-refractivity contribution in [2.45, 2.75) is 19.3 Å². The van der Waals surface area contributed by atoms with Crippen molar-refractivity contribution in [3.63, 3.8) is 0 Å². The molecule has 0 N–H and O–H groups in total. The minimum absolute atomic E-state index is 0.199. The molecule has 0 spiro atoms. The highest BCUT2D eigenvalue weighted by Crippen LogP contribution is 2.44. The van der Waals surface area contributed by atoms with E-state index < -0.39 is 17.8 Å². The Morgan fingerprint density at radius 1 is 0.906 bits per heavy atom. The third-order valence-electron chi connectivity index (χ3n) is 5.60. The zero-order valence-corrected chi connectivity index (χ0v) is 19.0. The van der Waals surface area contributed by atoms with Crippen molar-refractivity contribution >= 4 is 17.3 Å². The Bertz CT molecular complexity index is 1020. The van der Waals surface area contributed by atoms with E-state index in [4.69, 9.17) is 23.7 Å². The molecule has 1 aliphatic rings. The fraction of sp³-hybridized carbons (Fsp3) is 0.360. The van der Waals surface area contributed by atoms with Gasteiger partial charge in [-0.2, -0.15) is 0 Å². The fourth-order valence-electron chi connectivity index (χ4n) is 4.03. The molecule has 0 fully saturated rings. The number of benzene rings is 2. The average molecular weight is 440 g/mol. The van der Waals surface area contributed by atoms with E-state index in [1.165, 1.54) is 6.08 Å². The van der Waals surface area contributed by atoms with Crippen molar-refractivity contribution < 1.29 is 33.3 Å². The van der Waals surface area contributed by atoms with Gasteiger partial charge in [-0.3, -0.25) is 9.59 Å². The largest absolute Gasteiger partial charge is 0.497 e. The monoisotopic (exact) mass is 440 g/mol. The molecule has 0 aromatic heterocycles. The van der Waals surface area contributed by atoms with E-state index in [2.05, 4.69) is 0 Å². The van der Waals surface area contributed by atoms with Crippen LogP contribution < -0.4 is 18.9 Å². The van der Waals surface area contributed by atoms with Crippen LogP contribution in [-0.4, -0.2) is 46.8 Å². The topological polar surface area (TPSA) is 80.3 Å². The Kier molecular flexibility index (Phi) is 7.41. The van der Waals surface area contributed by atoms with Gasteiger partial charge in [-0.15, -0.1) is 0 Å². The number of hydrogen-bond acceptors (Lipinski definition) is 7. The van der Waals surface area contributed by atoms with Gasteiger partial charge in [0.05, 0.1) is 35.0 Å². The Balaban J connectivity index is 2.09. The van der Waals surface area contributed by atoms with Gasteiger partial charge < -0.3 is 23.7 Å². The lowest BCUT2D eigenvalue weighted by Crippen LogP contribution is -2.34. The normalized spacial score (nSPS) is 17.9. The Hall–Kier alpha value is -3.48. The molecular weight excluding hydrogens is 412 g/mol. The lowest BCUT2D eigenvalue weighted by atomic mass is 9.73. The number of rotatable bonds is 8. The summed E-state index contributed by atoms with van der Waals surface area (Å²) in [7, 11) is 6.25. The first-order chi connectivity index (χ1) is 15.5. The molecule has 0 bridgehead atoms. The molecule has 0 radical (unpaired) electrons.